The van der Waals surface area contributed by atoms with E-state index in [1.807, 2.05) is 0 Å². The van der Waals surface area contributed by atoms with Gasteiger partial charge in [-0.1, -0.05) is 90.4 Å². The minimum absolute atomic E-state index is 0.120. The van der Waals surface area contributed by atoms with E-state index in [-0.39, 0.29) is 15.8 Å². The minimum atomic E-state index is 0.120. The van der Waals surface area contributed by atoms with Gasteiger partial charge in [0, 0.05) is 11.3 Å². The molecule has 2 aliphatic heterocycles. The maximum Gasteiger partial charge on any atom is 0.00476 e. The Kier molecular flexibility index (Phi) is 6.68. The molecular weight excluding hydrogens is 362 g/mol. The van der Waals surface area contributed by atoms with E-state index >= 15 is 0 Å². The molecule has 2 unspecified atom stereocenters. The van der Waals surface area contributed by atoms with Crippen LogP contribution in [0.2, 0.25) is 0 Å². The molecule has 0 aromatic heterocycles. The van der Waals surface area contributed by atoms with Crippen molar-refractivity contribution in [3.8, 4) is 0 Å². The molecule has 2 fully saturated rings. The van der Waals surface area contributed by atoms with Crippen LogP contribution in [0.1, 0.15) is 74.8 Å². The highest BCUT2D eigenvalue weighted by Gasteiger charge is 2.42. The quantitative estimate of drug-likeness (QED) is 0.429. The molecule has 144 valence electrons. The topological polar surface area (TPSA) is 0 Å². The van der Waals surface area contributed by atoms with Gasteiger partial charge in [0.05, 0.1) is 0 Å². The molecule has 2 heterocycles. The van der Waals surface area contributed by atoms with Crippen molar-refractivity contribution in [2.24, 2.45) is 0 Å². The van der Waals surface area contributed by atoms with Crippen LogP contribution in [0.3, 0.4) is 0 Å². The van der Waals surface area contributed by atoms with Gasteiger partial charge in [0.2, 0.25) is 0 Å². The summed E-state index contributed by atoms with van der Waals surface area (Å²) in [4.78, 5) is 0. The van der Waals surface area contributed by atoms with Gasteiger partial charge in [-0.25, -0.2) is 0 Å². The Balaban J connectivity index is 1.59. The number of hydrogen-bond acceptors (Lipinski definition) is 0. The predicted octanol–water partition coefficient (Wildman–Crippen LogP) is 8.54. The summed E-state index contributed by atoms with van der Waals surface area (Å²) in [6.07, 6.45) is 8.60. The number of rotatable bonds is 6. The molecule has 2 aromatic rings. The standard InChI is InChI=1S/C25H34P2/c1-3-22-15-17-24(20-11-7-5-8-12-20)26(22)19-27-23(4-2)16-18-25(27)21-13-9-6-10-14-21/h5-14,22-25H,3-4,15-19H2,1-2H3/t22-,23-,24+,25+,26?,27?/m1/s1. The Bertz CT molecular complexity index is 637. The van der Waals surface area contributed by atoms with Crippen LogP contribution in [0.4, 0.5) is 0 Å². The zero-order valence-corrected chi connectivity index (χ0v) is 18.7. The Morgan fingerprint density at radius 3 is 1.41 bits per heavy atom. The zero-order chi connectivity index (χ0) is 18.6. The van der Waals surface area contributed by atoms with Crippen molar-refractivity contribution in [2.45, 2.75) is 75.0 Å². The summed E-state index contributed by atoms with van der Waals surface area (Å²) in [6, 6.07) is 23.0. The molecule has 27 heavy (non-hydrogen) atoms. The predicted molar refractivity (Wildman–Crippen MR) is 124 cm³/mol. The lowest BCUT2D eigenvalue weighted by Gasteiger charge is -2.34. The first-order valence-corrected chi connectivity index (χ1v) is 14.3. The Morgan fingerprint density at radius 1 is 0.630 bits per heavy atom. The van der Waals surface area contributed by atoms with Gasteiger partial charge in [0.1, 0.15) is 0 Å². The van der Waals surface area contributed by atoms with E-state index in [4.69, 9.17) is 0 Å². The SMILES string of the molecule is CC[C@@H]1CC[C@@H](c2ccccc2)P1CP1[C@H](CC)CC[C@H]1c1ccccc1. The fraction of sp³-hybridized carbons (Fsp3) is 0.520. The van der Waals surface area contributed by atoms with Crippen molar-refractivity contribution in [3.05, 3.63) is 71.8 Å². The summed E-state index contributed by atoms with van der Waals surface area (Å²) in [5.41, 5.74) is 7.01. The van der Waals surface area contributed by atoms with Gasteiger partial charge < -0.3 is 0 Å². The van der Waals surface area contributed by atoms with Crippen molar-refractivity contribution in [2.75, 3.05) is 5.90 Å². The van der Waals surface area contributed by atoms with Crippen molar-refractivity contribution in [1.29, 1.82) is 0 Å². The Hall–Kier alpha value is -0.700. The van der Waals surface area contributed by atoms with Crippen LogP contribution >= 0.6 is 15.8 Å². The lowest BCUT2D eigenvalue weighted by Crippen LogP contribution is -2.07. The molecule has 0 saturated carbocycles. The maximum atomic E-state index is 2.45. The van der Waals surface area contributed by atoms with E-state index in [1.54, 1.807) is 17.0 Å². The van der Waals surface area contributed by atoms with Crippen LogP contribution in [0.15, 0.2) is 60.7 Å². The van der Waals surface area contributed by atoms with Gasteiger partial charge in [-0.05, 0) is 66.9 Å². The van der Waals surface area contributed by atoms with Crippen molar-refractivity contribution in [1.82, 2.24) is 0 Å². The Morgan fingerprint density at radius 2 is 1.04 bits per heavy atom. The average molecular weight is 396 g/mol. The highest BCUT2D eigenvalue weighted by atomic mass is 31.2. The van der Waals surface area contributed by atoms with Crippen molar-refractivity contribution < 1.29 is 0 Å². The molecule has 0 amide bonds. The molecule has 0 spiro atoms. The lowest BCUT2D eigenvalue weighted by molar-refractivity contribution is 0.722. The maximum absolute atomic E-state index is 2.45. The lowest BCUT2D eigenvalue weighted by atomic mass is 10.1. The normalized spacial score (nSPS) is 33.4. The van der Waals surface area contributed by atoms with E-state index in [9.17, 15) is 0 Å². The molecule has 2 heteroatoms. The summed E-state index contributed by atoms with van der Waals surface area (Å²) in [5, 5.41) is 0. The molecule has 4 rings (SSSR count). The van der Waals surface area contributed by atoms with Crippen LogP contribution in [0, 0.1) is 0 Å². The van der Waals surface area contributed by atoms with Gasteiger partial charge in [-0.3, -0.25) is 0 Å². The minimum Gasteiger partial charge on any atom is -0.0914 e. The van der Waals surface area contributed by atoms with E-state index in [1.165, 1.54) is 38.5 Å². The van der Waals surface area contributed by atoms with Crippen LogP contribution in [0.25, 0.3) is 0 Å². The third kappa shape index (κ3) is 4.18. The summed E-state index contributed by atoms with van der Waals surface area (Å²) in [5.74, 6) is 1.57. The van der Waals surface area contributed by atoms with Crippen LogP contribution < -0.4 is 0 Å². The largest absolute Gasteiger partial charge is 0.0914 e. The Labute approximate surface area is 168 Å². The van der Waals surface area contributed by atoms with E-state index in [0.717, 1.165) is 22.6 Å². The highest BCUT2D eigenvalue weighted by molar-refractivity contribution is 7.76. The molecule has 6 atom stereocenters. The van der Waals surface area contributed by atoms with E-state index in [2.05, 4.69) is 74.5 Å². The molecule has 2 saturated heterocycles. The van der Waals surface area contributed by atoms with Crippen molar-refractivity contribution >= 4 is 15.8 Å². The first-order valence-electron chi connectivity index (χ1n) is 10.9. The first kappa shape index (κ1) is 19.6. The highest BCUT2D eigenvalue weighted by Crippen LogP contribution is 2.75. The summed E-state index contributed by atoms with van der Waals surface area (Å²) < 4.78 is 0. The molecule has 0 N–H and O–H groups in total. The number of benzene rings is 2. The zero-order valence-electron chi connectivity index (χ0n) is 16.9. The van der Waals surface area contributed by atoms with Gasteiger partial charge >= 0.3 is 0 Å². The number of hydrogen-bond donors (Lipinski definition) is 0. The third-order valence-electron chi connectivity index (χ3n) is 6.92. The van der Waals surface area contributed by atoms with Crippen LogP contribution in [-0.4, -0.2) is 17.2 Å². The van der Waals surface area contributed by atoms with Gasteiger partial charge in [0.25, 0.3) is 0 Å². The van der Waals surface area contributed by atoms with E-state index in [0.29, 0.717) is 0 Å². The van der Waals surface area contributed by atoms with Crippen LogP contribution in [-0.2, 0) is 0 Å². The smallest absolute Gasteiger partial charge is 0.00476 e. The molecule has 0 radical (unpaired) electrons. The van der Waals surface area contributed by atoms with Crippen molar-refractivity contribution in [3.63, 3.8) is 0 Å². The first-order chi connectivity index (χ1) is 13.3. The summed E-state index contributed by atoms with van der Waals surface area (Å²) in [6.45, 7) is 4.89. The summed E-state index contributed by atoms with van der Waals surface area (Å²) >= 11 is 0. The fourth-order valence-electron chi connectivity index (χ4n) is 5.43. The molecule has 2 aromatic carbocycles. The second kappa shape index (κ2) is 9.20. The second-order valence-electron chi connectivity index (χ2n) is 8.30. The van der Waals surface area contributed by atoms with Gasteiger partial charge in [-0.15, -0.1) is 0 Å². The molecular formula is C25H34P2. The monoisotopic (exact) mass is 396 g/mol. The van der Waals surface area contributed by atoms with Gasteiger partial charge in [-0.2, -0.15) is 0 Å². The third-order valence-corrected chi connectivity index (χ3v) is 15.4. The fourth-order valence-corrected chi connectivity index (χ4v) is 15.4. The molecule has 0 nitrogen and oxygen atoms in total. The second-order valence-corrected chi connectivity index (χ2v) is 14.2. The van der Waals surface area contributed by atoms with Gasteiger partial charge in [0.15, 0.2) is 0 Å². The van der Waals surface area contributed by atoms with Crippen LogP contribution in [0.5, 0.6) is 0 Å². The summed E-state index contributed by atoms with van der Waals surface area (Å²) in [7, 11) is 0.240. The molecule has 0 aliphatic carbocycles. The van der Waals surface area contributed by atoms with E-state index < -0.39 is 0 Å². The molecule has 0 bridgehead atoms. The average Bonchev–Trinajstić information content (AvgIpc) is 3.33. The molecule has 2 aliphatic rings.